The van der Waals surface area contributed by atoms with Gasteiger partial charge in [-0.05, 0) is 12.8 Å². The van der Waals surface area contributed by atoms with Crippen molar-refractivity contribution in [2.75, 3.05) is 13.2 Å². The van der Waals surface area contributed by atoms with Gasteiger partial charge in [0.05, 0.1) is 11.0 Å². The number of rotatable bonds is 4. The van der Waals surface area contributed by atoms with Gasteiger partial charge in [0.15, 0.2) is 4.34 Å². The SMILES string of the molecule is O=C(NCC1CCCO1)c1cc([N+](=O)[O-])c(Cl)s1. The van der Waals surface area contributed by atoms with Crippen LogP contribution < -0.4 is 5.32 Å². The van der Waals surface area contributed by atoms with Gasteiger partial charge in [-0.3, -0.25) is 14.9 Å². The summed E-state index contributed by atoms with van der Waals surface area (Å²) in [5.41, 5.74) is -0.232. The Bertz CT molecular complexity index is 470. The monoisotopic (exact) mass is 290 g/mol. The first-order valence-corrected chi connectivity index (χ1v) is 6.61. The maximum absolute atomic E-state index is 11.8. The number of hydrogen-bond acceptors (Lipinski definition) is 5. The van der Waals surface area contributed by atoms with Gasteiger partial charge in [0.1, 0.15) is 4.88 Å². The van der Waals surface area contributed by atoms with Crippen molar-refractivity contribution >= 4 is 34.5 Å². The lowest BCUT2D eigenvalue weighted by Gasteiger charge is -2.09. The second-order valence-corrected chi connectivity index (χ2v) is 5.53. The fourth-order valence-electron chi connectivity index (χ4n) is 1.69. The molecule has 1 unspecified atom stereocenters. The molecule has 2 rings (SSSR count). The fourth-order valence-corrected chi connectivity index (χ4v) is 2.83. The summed E-state index contributed by atoms with van der Waals surface area (Å²) in [5, 5.41) is 13.3. The van der Waals surface area contributed by atoms with Gasteiger partial charge in [-0.1, -0.05) is 11.6 Å². The number of nitrogens with one attached hydrogen (secondary N) is 1. The second-order valence-electron chi connectivity index (χ2n) is 3.87. The molecule has 1 N–H and O–H groups in total. The third-order valence-corrected chi connectivity index (χ3v) is 3.94. The molecule has 1 atom stereocenters. The average Bonchev–Trinajstić information content (AvgIpc) is 2.94. The van der Waals surface area contributed by atoms with Gasteiger partial charge in [-0.25, -0.2) is 0 Å². The molecule has 8 heteroatoms. The van der Waals surface area contributed by atoms with E-state index in [1.54, 1.807) is 0 Å². The number of nitro groups is 1. The van der Waals surface area contributed by atoms with Crippen molar-refractivity contribution in [2.45, 2.75) is 18.9 Å². The number of nitrogens with zero attached hydrogens (tertiary/aromatic N) is 1. The zero-order valence-electron chi connectivity index (χ0n) is 9.35. The van der Waals surface area contributed by atoms with E-state index in [9.17, 15) is 14.9 Å². The lowest BCUT2D eigenvalue weighted by atomic mass is 10.2. The van der Waals surface area contributed by atoms with Crippen LogP contribution in [0.3, 0.4) is 0 Å². The minimum Gasteiger partial charge on any atom is -0.376 e. The van der Waals surface area contributed by atoms with E-state index in [2.05, 4.69) is 5.32 Å². The Kier molecular flexibility index (Phi) is 4.15. The third-order valence-electron chi connectivity index (χ3n) is 2.60. The van der Waals surface area contributed by atoms with Crippen LogP contribution in [0.25, 0.3) is 0 Å². The topological polar surface area (TPSA) is 81.5 Å². The van der Waals surface area contributed by atoms with Gasteiger partial charge in [0.2, 0.25) is 0 Å². The van der Waals surface area contributed by atoms with Crippen LogP contribution in [-0.4, -0.2) is 30.1 Å². The predicted octanol–water partition coefficient (Wildman–Crippen LogP) is 2.22. The number of amides is 1. The highest BCUT2D eigenvalue weighted by molar-refractivity contribution is 7.18. The van der Waals surface area contributed by atoms with Crippen LogP contribution in [0.5, 0.6) is 0 Å². The Balaban J connectivity index is 1.95. The highest BCUT2D eigenvalue weighted by atomic mass is 35.5. The van der Waals surface area contributed by atoms with Crippen molar-refractivity contribution in [1.29, 1.82) is 0 Å². The molecule has 18 heavy (non-hydrogen) atoms. The number of hydrogen-bond donors (Lipinski definition) is 1. The van der Waals surface area contributed by atoms with Gasteiger partial charge in [-0.15, -0.1) is 11.3 Å². The van der Waals surface area contributed by atoms with Crippen molar-refractivity contribution in [3.63, 3.8) is 0 Å². The van der Waals surface area contributed by atoms with Gasteiger partial charge in [0.25, 0.3) is 11.6 Å². The maximum atomic E-state index is 11.8. The molecule has 1 aromatic rings. The summed E-state index contributed by atoms with van der Waals surface area (Å²) in [7, 11) is 0. The molecule has 0 spiro atoms. The Hall–Kier alpha value is -1.18. The molecule has 98 valence electrons. The van der Waals surface area contributed by atoms with Gasteiger partial charge >= 0.3 is 0 Å². The van der Waals surface area contributed by atoms with E-state index in [1.165, 1.54) is 6.07 Å². The Morgan fingerprint density at radius 2 is 2.50 bits per heavy atom. The van der Waals surface area contributed by atoms with E-state index in [0.717, 1.165) is 30.8 Å². The van der Waals surface area contributed by atoms with E-state index in [-0.39, 0.29) is 26.9 Å². The molecule has 0 radical (unpaired) electrons. The predicted molar refractivity (Wildman–Crippen MR) is 67.3 cm³/mol. The summed E-state index contributed by atoms with van der Waals surface area (Å²) in [6.07, 6.45) is 1.96. The molecule has 0 bridgehead atoms. The molecule has 0 saturated carbocycles. The van der Waals surface area contributed by atoms with Crippen molar-refractivity contribution in [3.05, 3.63) is 25.4 Å². The normalized spacial score (nSPS) is 18.8. The fraction of sp³-hybridized carbons (Fsp3) is 0.500. The molecule has 1 amide bonds. The summed E-state index contributed by atoms with van der Waals surface area (Å²) in [5.74, 6) is -0.356. The Morgan fingerprint density at radius 3 is 3.06 bits per heavy atom. The number of carbonyl (C=O) groups is 1. The Morgan fingerprint density at radius 1 is 1.72 bits per heavy atom. The molecule has 1 aromatic heterocycles. The number of ether oxygens (including phenoxy) is 1. The zero-order chi connectivity index (χ0) is 13.1. The van der Waals surface area contributed by atoms with Crippen molar-refractivity contribution in [2.24, 2.45) is 0 Å². The van der Waals surface area contributed by atoms with Crippen LogP contribution in [0.15, 0.2) is 6.07 Å². The van der Waals surface area contributed by atoms with Gasteiger partial charge in [-0.2, -0.15) is 0 Å². The largest absolute Gasteiger partial charge is 0.376 e. The smallest absolute Gasteiger partial charge is 0.299 e. The average molecular weight is 291 g/mol. The van der Waals surface area contributed by atoms with Gasteiger partial charge < -0.3 is 10.1 Å². The molecule has 2 heterocycles. The van der Waals surface area contributed by atoms with Crippen LogP contribution in [0, 0.1) is 10.1 Å². The summed E-state index contributed by atoms with van der Waals surface area (Å²) in [4.78, 5) is 22.0. The molecule has 0 aliphatic carbocycles. The highest BCUT2D eigenvalue weighted by Gasteiger charge is 2.22. The van der Waals surface area contributed by atoms with E-state index in [0.29, 0.717) is 6.54 Å². The van der Waals surface area contributed by atoms with Crippen molar-refractivity contribution < 1.29 is 14.5 Å². The lowest BCUT2D eigenvalue weighted by molar-refractivity contribution is -0.384. The van der Waals surface area contributed by atoms with Crippen LogP contribution >= 0.6 is 22.9 Å². The van der Waals surface area contributed by atoms with Gasteiger partial charge in [0, 0.05) is 19.2 Å². The third kappa shape index (κ3) is 2.98. The van der Waals surface area contributed by atoms with Crippen molar-refractivity contribution in [3.8, 4) is 0 Å². The van der Waals surface area contributed by atoms with E-state index < -0.39 is 4.92 Å². The van der Waals surface area contributed by atoms with Crippen molar-refractivity contribution in [1.82, 2.24) is 5.32 Å². The molecular weight excluding hydrogens is 280 g/mol. The Labute approximate surface area is 112 Å². The molecule has 1 aliphatic heterocycles. The van der Waals surface area contributed by atoms with Crippen LogP contribution in [0.4, 0.5) is 5.69 Å². The number of carbonyl (C=O) groups excluding carboxylic acids is 1. The highest BCUT2D eigenvalue weighted by Crippen LogP contribution is 2.33. The van der Waals surface area contributed by atoms with Crippen LogP contribution in [0.1, 0.15) is 22.5 Å². The number of thiophene rings is 1. The summed E-state index contributed by atoms with van der Waals surface area (Å²) in [6, 6.07) is 1.19. The van der Waals surface area contributed by atoms with E-state index >= 15 is 0 Å². The first kappa shape index (κ1) is 13.3. The van der Waals surface area contributed by atoms with Crippen LogP contribution in [-0.2, 0) is 4.74 Å². The lowest BCUT2D eigenvalue weighted by Crippen LogP contribution is -2.31. The molecule has 1 aliphatic rings. The first-order valence-electron chi connectivity index (χ1n) is 5.41. The molecule has 1 fully saturated rings. The minimum absolute atomic E-state index is 0.0160. The number of halogens is 1. The first-order chi connectivity index (χ1) is 8.58. The quantitative estimate of drug-likeness (QED) is 0.681. The van der Waals surface area contributed by atoms with E-state index in [4.69, 9.17) is 16.3 Å². The second kappa shape index (κ2) is 5.64. The summed E-state index contributed by atoms with van der Waals surface area (Å²) >= 11 is 6.59. The summed E-state index contributed by atoms with van der Waals surface area (Å²) < 4.78 is 5.38. The minimum atomic E-state index is -0.601. The molecular formula is C10H11ClN2O4S. The maximum Gasteiger partial charge on any atom is 0.299 e. The molecule has 1 saturated heterocycles. The van der Waals surface area contributed by atoms with E-state index in [1.807, 2.05) is 0 Å². The zero-order valence-corrected chi connectivity index (χ0v) is 10.9. The molecule has 0 aromatic carbocycles. The molecule has 6 nitrogen and oxygen atoms in total. The standard InChI is InChI=1S/C10H11ClN2O4S/c11-9-7(13(15)16)4-8(18-9)10(14)12-5-6-2-1-3-17-6/h4,6H,1-3,5H2,(H,12,14). The summed E-state index contributed by atoms with van der Waals surface area (Å²) in [6.45, 7) is 1.14. The van der Waals surface area contributed by atoms with Crippen LogP contribution in [0.2, 0.25) is 4.34 Å².